The quantitative estimate of drug-likeness (QED) is 0.645. The van der Waals surface area contributed by atoms with E-state index in [0.29, 0.717) is 12.0 Å². The van der Waals surface area contributed by atoms with Crippen LogP contribution in [0.25, 0.3) is 0 Å². The van der Waals surface area contributed by atoms with Gasteiger partial charge in [0.15, 0.2) is 0 Å². The maximum atomic E-state index is 10.8. The van der Waals surface area contributed by atoms with Gasteiger partial charge in [0, 0.05) is 6.04 Å². The Bertz CT molecular complexity index is 191. The SMILES string of the molecule is O=C(O)C1CC2CCCCCC2N1. The van der Waals surface area contributed by atoms with Crippen LogP contribution in [0, 0.1) is 5.92 Å². The zero-order chi connectivity index (χ0) is 9.26. The van der Waals surface area contributed by atoms with Gasteiger partial charge >= 0.3 is 5.97 Å². The summed E-state index contributed by atoms with van der Waals surface area (Å²) in [5.74, 6) is -0.0447. The molecule has 0 spiro atoms. The predicted octanol–water partition coefficient (Wildman–Crippen LogP) is 1.38. The third kappa shape index (κ3) is 1.85. The van der Waals surface area contributed by atoms with Gasteiger partial charge in [-0.15, -0.1) is 0 Å². The normalized spacial score (nSPS) is 39.5. The van der Waals surface area contributed by atoms with Crippen LogP contribution in [-0.2, 0) is 4.79 Å². The average Bonchev–Trinajstić information content (AvgIpc) is 2.38. The molecule has 3 unspecified atom stereocenters. The van der Waals surface area contributed by atoms with Crippen molar-refractivity contribution in [3.8, 4) is 0 Å². The number of carbonyl (C=O) groups is 1. The van der Waals surface area contributed by atoms with Crippen molar-refractivity contribution in [2.24, 2.45) is 5.92 Å². The number of hydrogen-bond acceptors (Lipinski definition) is 2. The van der Waals surface area contributed by atoms with Gasteiger partial charge in [0.2, 0.25) is 0 Å². The summed E-state index contributed by atoms with van der Waals surface area (Å²) in [5.41, 5.74) is 0. The van der Waals surface area contributed by atoms with Gasteiger partial charge in [0.05, 0.1) is 0 Å². The largest absolute Gasteiger partial charge is 0.480 e. The summed E-state index contributed by atoms with van der Waals surface area (Å²) >= 11 is 0. The predicted molar refractivity (Wildman–Crippen MR) is 49.5 cm³/mol. The number of aliphatic carboxylic acids is 1. The first-order valence-electron chi connectivity index (χ1n) is 5.26. The molecule has 2 aliphatic rings. The lowest BCUT2D eigenvalue weighted by Gasteiger charge is -2.14. The third-order valence-electron chi connectivity index (χ3n) is 3.41. The Balaban J connectivity index is 1.97. The van der Waals surface area contributed by atoms with Gasteiger partial charge in [0.1, 0.15) is 6.04 Å². The van der Waals surface area contributed by atoms with Crippen LogP contribution in [0.5, 0.6) is 0 Å². The van der Waals surface area contributed by atoms with E-state index in [4.69, 9.17) is 5.11 Å². The van der Waals surface area contributed by atoms with Gasteiger partial charge in [-0.1, -0.05) is 19.3 Å². The fourth-order valence-electron chi connectivity index (χ4n) is 2.69. The van der Waals surface area contributed by atoms with Crippen molar-refractivity contribution in [3.63, 3.8) is 0 Å². The fraction of sp³-hybridized carbons (Fsp3) is 0.900. The number of nitrogens with one attached hydrogen (secondary N) is 1. The Hall–Kier alpha value is -0.570. The second-order valence-corrected chi connectivity index (χ2v) is 4.30. The molecule has 0 aromatic carbocycles. The molecule has 74 valence electrons. The summed E-state index contributed by atoms with van der Waals surface area (Å²) in [4.78, 5) is 10.8. The zero-order valence-electron chi connectivity index (χ0n) is 7.83. The zero-order valence-corrected chi connectivity index (χ0v) is 7.83. The van der Waals surface area contributed by atoms with Crippen LogP contribution in [0.3, 0.4) is 0 Å². The molecular formula is C10H17NO2. The Morgan fingerprint density at radius 2 is 2.00 bits per heavy atom. The average molecular weight is 183 g/mol. The molecule has 3 nitrogen and oxygen atoms in total. The van der Waals surface area contributed by atoms with Crippen LogP contribution < -0.4 is 5.32 Å². The standard InChI is InChI=1S/C10H17NO2/c12-10(13)9-6-7-4-2-1-3-5-8(7)11-9/h7-9,11H,1-6H2,(H,12,13). The van der Waals surface area contributed by atoms with E-state index in [0.717, 1.165) is 6.42 Å². The molecule has 1 aliphatic carbocycles. The Morgan fingerprint density at radius 1 is 1.23 bits per heavy atom. The van der Waals surface area contributed by atoms with E-state index in [2.05, 4.69) is 5.32 Å². The Kier molecular flexibility index (Phi) is 2.54. The number of carboxylic acids is 1. The van der Waals surface area contributed by atoms with Gasteiger partial charge in [-0.25, -0.2) is 0 Å². The third-order valence-corrected chi connectivity index (χ3v) is 3.41. The first-order chi connectivity index (χ1) is 6.27. The van der Waals surface area contributed by atoms with Crippen LogP contribution in [0.2, 0.25) is 0 Å². The van der Waals surface area contributed by atoms with Crippen LogP contribution in [0.4, 0.5) is 0 Å². The summed E-state index contributed by atoms with van der Waals surface area (Å²) in [5, 5.41) is 12.1. The molecule has 2 N–H and O–H groups in total. The molecule has 3 heteroatoms. The van der Waals surface area contributed by atoms with Crippen molar-refractivity contribution in [2.45, 2.75) is 50.6 Å². The Labute approximate surface area is 78.5 Å². The van der Waals surface area contributed by atoms with E-state index >= 15 is 0 Å². The summed E-state index contributed by atoms with van der Waals surface area (Å²) in [6, 6.07) is 0.219. The molecule has 0 radical (unpaired) electrons. The summed E-state index contributed by atoms with van der Waals surface area (Å²) < 4.78 is 0. The molecule has 2 rings (SSSR count). The van der Waals surface area contributed by atoms with E-state index in [1.54, 1.807) is 0 Å². The fourth-order valence-corrected chi connectivity index (χ4v) is 2.69. The van der Waals surface area contributed by atoms with Crippen molar-refractivity contribution < 1.29 is 9.90 Å². The molecule has 1 saturated carbocycles. The van der Waals surface area contributed by atoms with Crippen LogP contribution in [0.15, 0.2) is 0 Å². The molecule has 2 fully saturated rings. The smallest absolute Gasteiger partial charge is 0.320 e. The maximum absolute atomic E-state index is 10.8. The van der Waals surface area contributed by atoms with Gasteiger partial charge in [0.25, 0.3) is 0 Å². The minimum Gasteiger partial charge on any atom is -0.480 e. The minimum absolute atomic E-state index is 0.270. The van der Waals surface area contributed by atoms with Crippen molar-refractivity contribution in [1.29, 1.82) is 0 Å². The first kappa shape index (κ1) is 9.00. The summed E-state index contributed by atoms with van der Waals surface area (Å²) in [7, 11) is 0. The monoisotopic (exact) mass is 183 g/mol. The first-order valence-corrected chi connectivity index (χ1v) is 5.26. The Morgan fingerprint density at radius 3 is 2.77 bits per heavy atom. The minimum atomic E-state index is -0.673. The van der Waals surface area contributed by atoms with Crippen molar-refractivity contribution in [1.82, 2.24) is 5.32 Å². The van der Waals surface area contributed by atoms with Gasteiger partial charge in [-0.2, -0.15) is 0 Å². The van der Waals surface area contributed by atoms with E-state index in [-0.39, 0.29) is 6.04 Å². The van der Waals surface area contributed by atoms with E-state index in [1.165, 1.54) is 32.1 Å². The van der Waals surface area contributed by atoms with Gasteiger partial charge in [-0.3, -0.25) is 4.79 Å². The lowest BCUT2D eigenvalue weighted by atomic mass is 9.94. The second kappa shape index (κ2) is 3.66. The highest BCUT2D eigenvalue weighted by Gasteiger charge is 2.37. The molecule has 1 saturated heterocycles. The highest BCUT2D eigenvalue weighted by Crippen LogP contribution is 2.32. The van der Waals surface area contributed by atoms with Crippen LogP contribution >= 0.6 is 0 Å². The maximum Gasteiger partial charge on any atom is 0.320 e. The molecule has 1 heterocycles. The van der Waals surface area contributed by atoms with Gasteiger partial charge in [-0.05, 0) is 25.2 Å². The molecule has 0 amide bonds. The van der Waals surface area contributed by atoms with Crippen molar-refractivity contribution >= 4 is 5.97 Å². The number of fused-ring (bicyclic) bond motifs is 1. The molecule has 3 atom stereocenters. The van der Waals surface area contributed by atoms with Crippen molar-refractivity contribution in [2.75, 3.05) is 0 Å². The van der Waals surface area contributed by atoms with E-state index in [1.807, 2.05) is 0 Å². The number of carboxylic acid groups (broad SMARTS) is 1. The van der Waals surface area contributed by atoms with E-state index in [9.17, 15) is 4.79 Å². The highest BCUT2D eigenvalue weighted by molar-refractivity contribution is 5.74. The molecule has 13 heavy (non-hydrogen) atoms. The molecule has 0 aromatic heterocycles. The summed E-state index contributed by atoms with van der Waals surface area (Å²) in [6.07, 6.45) is 7.12. The molecular weight excluding hydrogens is 166 g/mol. The van der Waals surface area contributed by atoms with E-state index < -0.39 is 5.97 Å². The van der Waals surface area contributed by atoms with Crippen LogP contribution in [-0.4, -0.2) is 23.2 Å². The van der Waals surface area contributed by atoms with Crippen LogP contribution in [0.1, 0.15) is 38.5 Å². The highest BCUT2D eigenvalue weighted by atomic mass is 16.4. The number of rotatable bonds is 1. The molecule has 0 aromatic rings. The lowest BCUT2D eigenvalue weighted by molar-refractivity contribution is -0.139. The van der Waals surface area contributed by atoms with Crippen molar-refractivity contribution in [3.05, 3.63) is 0 Å². The molecule has 1 aliphatic heterocycles. The second-order valence-electron chi connectivity index (χ2n) is 4.30. The van der Waals surface area contributed by atoms with Gasteiger partial charge < -0.3 is 10.4 Å². The number of hydrogen-bond donors (Lipinski definition) is 2. The molecule has 0 bridgehead atoms. The summed E-state index contributed by atoms with van der Waals surface area (Å²) in [6.45, 7) is 0. The lowest BCUT2D eigenvalue weighted by Crippen LogP contribution is -2.35. The topological polar surface area (TPSA) is 49.3 Å².